The molecule has 28 heavy (non-hydrogen) atoms. The van der Waals surface area contributed by atoms with Crippen molar-refractivity contribution in [2.75, 3.05) is 20.1 Å². The SMILES string of the molecule is C[N+]12CC(=O)O[B-]1(c1cc(-c3ccccc3)n(-c3ccccc3)n1)OC(=O)C2. The molecule has 0 aliphatic carbocycles. The number of rotatable bonds is 3. The quantitative estimate of drug-likeness (QED) is 0.645. The predicted molar refractivity (Wildman–Crippen MR) is 102 cm³/mol. The molecule has 0 radical (unpaired) electrons. The molecule has 0 bridgehead atoms. The van der Waals surface area contributed by atoms with Gasteiger partial charge in [-0.1, -0.05) is 48.5 Å². The molecular formula is C20H18BN3O4. The summed E-state index contributed by atoms with van der Waals surface area (Å²) in [5.41, 5.74) is 3.11. The zero-order chi connectivity index (χ0) is 19.4. The number of carbonyl (C=O) groups excluding carboxylic acids is 2. The summed E-state index contributed by atoms with van der Waals surface area (Å²) in [6.07, 6.45) is 0. The maximum atomic E-state index is 12.1. The summed E-state index contributed by atoms with van der Waals surface area (Å²) in [7, 11) is 1.81. The Balaban J connectivity index is 1.73. The lowest BCUT2D eigenvalue weighted by Crippen LogP contribution is -2.68. The van der Waals surface area contributed by atoms with Gasteiger partial charge in [0.05, 0.1) is 17.0 Å². The van der Waals surface area contributed by atoms with E-state index >= 15 is 0 Å². The van der Waals surface area contributed by atoms with Crippen molar-refractivity contribution in [2.24, 2.45) is 0 Å². The van der Waals surface area contributed by atoms with Crippen LogP contribution in [0.25, 0.3) is 16.9 Å². The second kappa shape index (κ2) is 5.80. The number of hydrogen-bond donors (Lipinski definition) is 0. The topological polar surface area (TPSA) is 70.4 Å². The third-order valence-electron chi connectivity index (χ3n) is 5.56. The first kappa shape index (κ1) is 16.8. The molecule has 3 aromatic rings. The molecule has 5 rings (SSSR count). The van der Waals surface area contributed by atoms with Crippen LogP contribution in [-0.4, -0.2) is 52.9 Å². The third-order valence-corrected chi connectivity index (χ3v) is 5.56. The molecule has 0 spiro atoms. The van der Waals surface area contributed by atoms with Gasteiger partial charge in [-0.25, -0.2) is 4.68 Å². The summed E-state index contributed by atoms with van der Waals surface area (Å²) in [4.78, 5) is 24.3. The minimum Gasteiger partial charge on any atom is -0.595 e. The third kappa shape index (κ3) is 2.31. The van der Waals surface area contributed by atoms with Crippen LogP contribution in [0.4, 0.5) is 0 Å². The number of carbonyl (C=O) groups is 2. The summed E-state index contributed by atoms with van der Waals surface area (Å²) in [5.74, 6) is -0.768. The maximum absolute atomic E-state index is 12.1. The highest BCUT2D eigenvalue weighted by Gasteiger charge is 2.67. The first-order valence-electron chi connectivity index (χ1n) is 9.14. The minimum atomic E-state index is -2.38. The Bertz CT molecular complexity index is 1000. The van der Waals surface area contributed by atoms with E-state index in [1.165, 1.54) is 0 Å². The molecule has 1 aromatic heterocycles. The van der Waals surface area contributed by atoms with E-state index in [2.05, 4.69) is 0 Å². The Kier molecular flexibility index (Phi) is 3.48. The minimum absolute atomic E-state index is 0.0672. The van der Waals surface area contributed by atoms with Crippen LogP contribution in [0.5, 0.6) is 0 Å². The van der Waals surface area contributed by atoms with E-state index in [9.17, 15) is 9.59 Å². The summed E-state index contributed by atoms with van der Waals surface area (Å²) in [6, 6.07) is 21.4. The highest BCUT2D eigenvalue weighted by molar-refractivity contribution is 6.78. The molecule has 2 saturated heterocycles. The number of benzene rings is 2. The largest absolute Gasteiger partial charge is 0.634 e. The van der Waals surface area contributed by atoms with Gasteiger partial charge >= 0.3 is 18.6 Å². The Morgan fingerprint density at radius 2 is 1.50 bits per heavy atom. The Morgan fingerprint density at radius 3 is 2.11 bits per heavy atom. The molecule has 3 heterocycles. The van der Waals surface area contributed by atoms with Crippen LogP contribution < -0.4 is 5.59 Å². The summed E-state index contributed by atoms with van der Waals surface area (Å²) in [5, 5.41) is 4.76. The molecule has 2 fully saturated rings. The van der Waals surface area contributed by atoms with E-state index < -0.39 is 6.69 Å². The Labute approximate surface area is 161 Å². The van der Waals surface area contributed by atoms with Crippen molar-refractivity contribution < 1.29 is 23.3 Å². The number of likely N-dealkylation sites (N-methyl/N-ethyl adjacent to an activating group) is 1. The molecule has 7 nitrogen and oxygen atoms in total. The van der Waals surface area contributed by atoms with Gasteiger partial charge < -0.3 is 13.7 Å². The van der Waals surface area contributed by atoms with Crippen molar-refractivity contribution in [3.05, 3.63) is 66.7 Å². The van der Waals surface area contributed by atoms with Gasteiger partial charge in [0.1, 0.15) is 13.1 Å². The van der Waals surface area contributed by atoms with E-state index in [0.717, 1.165) is 16.9 Å². The van der Waals surface area contributed by atoms with Crippen LogP contribution in [0, 0.1) is 0 Å². The van der Waals surface area contributed by atoms with Gasteiger partial charge in [-0.3, -0.25) is 9.59 Å². The van der Waals surface area contributed by atoms with Crippen LogP contribution in [0.15, 0.2) is 66.7 Å². The van der Waals surface area contributed by atoms with Crippen LogP contribution in [0.3, 0.4) is 0 Å². The first-order chi connectivity index (χ1) is 13.5. The molecule has 8 heteroatoms. The van der Waals surface area contributed by atoms with E-state index in [0.29, 0.717) is 5.59 Å². The second-order valence-electron chi connectivity index (χ2n) is 7.52. The van der Waals surface area contributed by atoms with Crippen LogP contribution in [0.2, 0.25) is 0 Å². The number of para-hydroxylation sites is 1. The van der Waals surface area contributed by atoms with E-state index in [4.69, 9.17) is 14.4 Å². The van der Waals surface area contributed by atoms with Gasteiger partial charge in [0.2, 0.25) is 0 Å². The number of nitrogens with zero attached hydrogens (tertiary/aromatic N) is 3. The summed E-state index contributed by atoms with van der Waals surface area (Å²) >= 11 is 0. The standard InChI is InChI=1S/C20H18BN3O4/c1-24-13-19(25)27-21(24,28-20(26)14-24)18-12-17(15-8-4-2-5-9-15)23(22-18)16-10-6-3-7-11-16/h2-12H,13-14H2,1H3. The van der Waals surface area contributed by atoms with Crippen LogP contribution >= 0.6 is 0 Å². The van der Waals surface area contributed by atoms with E-state index in [1.807, 2.05) is 66.7 Å². The number of aromatic nitrogens is 2. The fraction of sp³-hybridized carbons (Fsp3) is 0.150. The Morgan fingerprint density at radius 1 is 0.929 bits per heavy atom. The molecule has 2 aliphatic rings. The van der Waals surface area contributed by atoms with Crippen molar-refractivity contribution in [3.8, 4) is 16.9 Å². The Hall–Kier alpha value is -3.39. The van der Waals surface area contributed by atoms with Gasteiger partial charge in [-0.15, -0.1) is 0 Å². The average molecular weight is 375 g/mol. The van der Waals surface area contributed by atoms with E-state index in [1.54, 1.807) is 11.7 Å². The van der Waals surface area contributed by atoms with Crippen molar-refractivity contribution in [2.45, 2.75) is 0 Å². The molecule has 0 saturated carbocycles. The van der Waals surface area contributed by atoms with E-state index in [-0.39, 0.29) is 29.4 Å². The lowest BCUT2D eigenvalue weighted by molar-refractivity contribution is -0.791. The van der Waals surface area contributed by atoms with Crippen LogP contribution in [-0.2, 0) is 18.9 Å². The smallest absolute Gasteiger partial charge is 0.595 e. The van der Waals surface area contributed by atoms with Gasteiger partial charge in [0, 0.05) is 12.6 Å². The molecule has 2 aliphatic heterocycles. The van der Waals surface area contributed by atoms with Crippen molar-refractivity contribution >= 4 is 24.2 Å². The monoisotopic (exact) mass is 375 g/mol. The fourth-order valence-electron chi connectivity index (χ4n) is 4.19. The zero-order valence-electron chi connectivity index (χ0n) is 15.3. The van der Waals surface area contributed by atoms with Gasteiger partial charge in [0.15, 0.2) is 0 Å². The molecule has 0 N–H and O–H groups in total. The molecular weight excluding hydrogens is 357 g/mol. The second-order valence-corrected chi connectivity index (χ2v) is 7.52. The van der Waals surface area contributed by atoms with Gasteiger partial charge in [-0.05, 0) is 18.2 Å². The van der Waals surface area contributed by atoms with Crippen molar-refractivity contribution in [1.82, 2.24) is 9.78 Å². The van der Waals surface area contributed by atoms with Crippen molar-refractivity contribution in [3.63, 3.8) is 0 Å². The molecule has 0 atom stereocenters. The molecule has 0 unspecified atom stereocenters. The lowest BCUT2D eigenvalue weighted by atomic mass is 9.64. The van der Waals surface area contributed by atoms with Crippen LogP contribution in [0.1, 0.15) is 0 Å². The molecule has 140 valence electrons. The molecule has 0 amide bonds. The zero-order valence-corrected chi connectivity index (χ0v) is 15.3. The van der Waals surface area contributed by atoms with Gasteiger partial charge in [-0.2, -0.15) is 5.10 Å². The number of hydrogen-bond acceptors (Lipinski definition) is 5. The number of quaternary nitrogens is 1. The summed E-state index contributed by atoms with van der Waals surface area (Å²) in [6.45, 7) is -2.20. The maximum Gasteiger partial charge on any atom is 0.634 e. The lowest BCUT2D eigenvalue weighted by Gasteiger charge is -2.38. The average Bonchev–Trinajstić information content (AvgIpc) is 3.30. The van der Waals surface area contributed by atoms with Gasteiger partial charge in [0.25, 0.3) is 0 Å². The summed E-state index contributed by atoms with van der Waals surface area (Å²) < 4.78 is 13.2. The normalized spacial score (nSPS) is 26.0. The van der Waals surface area contributed by atoms with Crippen molar-refractivity contribution in [1.29, 1.82) is 0 Å². The first-order valence-corrected chi connectivity index (χ1v) is 9.14. The highest BCUT2D eigenvalue weighted by atomic mass is 16.7. The highest BCUT2D eigenvalue weighted by Crippen LogP contribution is 2.34. The molecule has 2 aromatic carbocycles. The number of fused-ring (bicyclic) bond motifs is 1. The fourth-order valence-corrected chi connectivity index (χ4v) is 4.19. The predicted octanol–water partition coefficient (Wildman–Crippen LogP) is 1.25.